The summed E-state index contributed by atoms with van der Waals surface area (Å²) >= 11 is 0. The molecule has 0 rings (SSSR count). The quantitative estimate of drug-likeness (QED) is 0.197. The van der Waals surface area contributed by atoms with Gasteiger partial charge in [0.2, 0.25) is 0 Å². The molecule has 536 valence electrons. The van der Waals surface area contributed by atoms with Gasteiger partial charge in [-0.2, -0.15) is 0 Å². The molecule has 16 heteroatoms. The molecule has 0 radical (unpaired) electrons. The minimum atomic E-state index is -3.04. The maximum Gasteiger partial charge on any atom is 0.507 e. The molecule has 0 saturated heterocycles. The van der Waals surface area contributed by atoms with Gasteiger partial charge in [-0.15, -0.1) is 0 Å². The molecule has 0 N–H and O–H groups in total. The Bertz CT molecular complexity index is 1730. The van der Waals surface area contributed by atoms with E-state index in [0.29, 0.717) is 10.1 Å². The van der Waals surface area contributed by atoms with E-state index in [0.717, 1.165) is 0 Å². The molecule has 0 aliphatic heterocycles. The first kappa shape index (κ1) is 96.6. The van der Waals surface area contributed by atoms with Crippen LogP contribution in [0, 0.1) is 0 Å². The zero-order valence-corrected chi connectivity index (χ0v) is 75.1. The van der Waals surface area contributed by atoms with Gasteiger partial charge in [-0.1, -0.05) is 132 Å². The first-order valence-electron chi connectivity index (χ1n) is 33.6. The van der Waals surface area contributed by atoms with Crippen LogP contribution in [0.5, 0.6) is 0 Å². The summed E-state index contributed by atoms with van der Waals surface area (Å²) in [4.78, 5) is 0. The van der Waals surface area contributed by atoms with E-state index in [1.807, 2.05) is 41.5 Å². The summed E-state index contributed by atoms with van der Waals surface area (Å²) in [5.41, 5.74) is -1.91. The van der Waals surface area contributed by atoms with Crippen LogP contribution in [-0.2, 0) is 44.3 Å². The molecule has 0 heterocycles. The molecule has 0 spiro atoms. The fourth-order valence-corrected chi connectivity index (χ4v) is 20.6. The van der Waals surface area contributed by atoms with E-state index in [1.165, 1.54) is 0 Å². The van der Waals surface area contributed by atoms with E-state index in [1.54, 1.807) is 0 Å². The second kappa shape index (κ2) is 33.7. The Morgan fingerprint density at radius 1 is 0.218 bits per heavy atom. The monoisotopic (exact) mass is 1350 g/mol. The molecule has 0 saturated carbocycles. The largest absolute Gasteiger partial charge is 0.507 e. The van der Waals surface area contributed by atoms with Crippen LogP contribution >= 0.6 is 0 Å². The molecule has 0 aromatic carbocycles. The van der Waals surface area contributed by atoms with Gasteiger partial charge in [0.15, 0.2) is 26.3 Å². The SMILES string of the molecule is C.CC(C)(C)O[Si](C)(C)C(C)(C)C.CC(C)(C)O[Si](C)(C)C(C)(C)C.CC(C)(C)O[Si](C)(OC(C)(C)C)C(C)(C)C.CC(C)(C)O[Si](C)(OC(C)(C)C)C(C)(C)C.CC(C)(C)O[Si](OC(C)(C)C)(OC(C)(C)C)C(C)(C)C.[2H][Si]([2H])(OC(C)(C)C)C(C)(C)C. The molecule has 0 bridgehead atoms. The van der Waals surface area contributed by atoms with E-state index < -0.39 is 52.2 Å². The smallest absolute Gasteiger partial charge is 0.419 e. The normalized spacial score (nSPS) is 15.5. The van der Waals surface area contributed by atoms with Gasteiger partial charge in [0.05, 0.1) is 39.2 Å². The van der Waals surface area contributed by atoms with Gasteiger partial charge in [-0.3, -0.25) is 0 Å². The predicted molar refractivity (Wildman–Crippen MR) is 406 cm³/mol. The molecule has 0 amide bonds. The van der Waals surface area contributed by atoms with Crippen molar-refractivity contribution in [2.45, 2.75) is 465 Å². The Morgan fingerprint density at radius 3 is 0.448 bits per heavy atom. The Kier molecular flexibility index (Phi) is 37.4. The van der Waals surface area contributed by atoms with Gasteiger partial charge in [-0.25, -0.2) is 0 Å². The number of rotatable bonds is 10. The first-order valence-corrected chi connectivity index (χ1v) is 45.7. The van der Waals surface area contributed by atoms with Crippen LogP contribution in [0.2, 0.25) is 69.5 Å². The summed E-state index contributed by atoms with van der Waals surface area (Å²) in [6.45, 7) is 115. The lowest BCUT2D eigenvalue weighted by Crippen LogP contribution is -2.62. The lowest BCUT2D eigenvalue weighted by atomic mass is 10.2. The topological polar surface area (TPSA) is 92.3 Å². The summed E-state index contributed by atoms with van der Waals surface area (Å²) in [7, 11) is -13.5. The van der Waals surface area contributed by atoms with Crippen LogP contribution < -0.4 is 0 Å². The van der Waals surface area contributed by atoms with Crippen LogP contribution in [0.1, 0.15) is 340 Å². The van der Waals surface area contributed by atoms with E-state index >= 15 is 0 Å². The molecule has 0 atom stereocenters. The Balaban J connectivity index is -0.000000183. The molecule has 0 aromatic rings. The van der Waals surface area contributed by atoms with Crippen molar-refractivity contribution in [1.82, 2.24) is 0 Å². The summed E-state index contributed by atoms with van der Waals surface area (Å²) in [5.74, 6) is 0. The third kappa shape index (κ3) is 54.8. The van der Waals surface area contributed by atoms with E-state index in [4.69, 9.17) is 46.7 Å². The molecule has 0 aliphatic rings. The summed E-state index contributed by atoms with van der Waals surface area (Å²) < 4.78 is 77.8. The van der Waals surface area contributed by atoms with Crippen LogP contribution in [0.4, 0.5) is 0 Å². The first-order chi connectivity index (χ1) is 36.6. The Hall–Kier alpha value is 0.901. The second-order valence-electron chi connectivity index (χ2n) is 41.2. The Morgan fingerprint density at radius 2 is 0.379 bits per heavy atom. The molecule has 0 fully saturated rings. The number of hydrogen-bond donors (Lipinski definition) is 0. The van der Waals surface area contributed by atoms with Gasteiger partial charge in [0, 0.05) is 34.4 Å². The van der Waals surface area contributed by atoms with Gasteiger partial charge in [0.25, 0.3) is 0 Å². The lowest BCUT2D eigenvalue weighted by molar-refractivity contribution is -0.0875. The van der Waals surface area contributed by atoms with Crippen LogP contribution in [-0.4, -0.2) is 111 Å². The molecule has 0 aliphatic carbocycles. The molecular weight excluding hydrogens is 1180 g/mol. The minimum absolute atomic E-state index is 0. The highest BCUT2D eigenvalue weighted by Gasteiger charge is 2.59. The van der Waals surface area contributed by atoms with E-state index in [-0.39, 0.29) is 83.6 Å². The lowest BCUT2D eigenvalue weighted by Gasteiger charge is -2.48. The summed E-state index contributed by atoms with van der Waals surface area (Å²) in [6.07, 6.45) is 0. The van der Waals surface area contributed by atoms with Gasteiger partial charge >= 0.3 is 25.9 Å². The average Bonchev–Trinajstić information content (AvgIpc) is 3.01. The highest BCUT2D eigenvalue weighted by Crippen LogP contribution is 2.47. The van der Waals surface area contributed by atoms with Crippen molar-refractivity contribution in [3.8, 4) is 0 Å². The van der Waals surface area contributed by atoms with Gasteiger partial charge < -0.3 is 44.3 Å². The van der Waals surface area contributed by atoms with Crippen molar-refractivity contribution in [2.24, 2.45) is 0 Å². The zero-order chi connectivity index (χ0) is 74.1. The van der Waals surface area contributed by atoms with E-state index in [2.05, 4.69) is 330 Å². The van der Waals surface area contributed by atoms with Crippen molar-refractivity contribution in [3.63, 3.8) is 0 Å². The molecule has 87 heavy (non-hydrogen) atoms. The zero-order valence-electron chi connectivity index (χ0n) is 71.1. The third-order valence-corrected chi connectivity index (χ3v) is 37.1. The highest BCUT2D eigenvalue weighted by molar-refractivity contribution is 6.74. The average molecular weight is 1350 g/mol. The molecule has 10 nitrogen and oxygen atoms in total. The van der Waals surface area contributed by atoms with Crippen molar-refractivity contribution < 1.29 is 44.3 Å². The van der Waals surface area contributed by atoms with Crippen molar-refractivity contribution in [3.05, 3.63) is 0 Å². The van der Waals surface area contributed by atoms with Crippen LogP contribution in [0.25, 0.3) is 0 Å². The second-order valence-corrected chi connectivity index (χ2v) is 63.4. The van der Waals surface area contributed by atoms with Gasteiger partial charge in [0.1, 0.15) is 0 Å². The maximum absolute atomic E-state index is 7.82. The van der Waals surface area contributed by atoms with Crippen LogP contribution in [0.15, 0.2) is 0 Å². The highest BCUT2D eigenvalue weighted by atomic mass is 28.4. The standard InChI is InChI=1S/C16H36O3Si.2C13H30O2Si.2C10H24OSi.C8H20OSi.CH4/c1-13(2,3)17-20(16(10,11)12,18-14(4,5)6)19-15(7,8)9;2*1-11(2,3)14-16(10,13(7,8)9)15-12(4,5)6;2*1-9(2,3)11-12(7,8)10(4,5)6;1-7(2,3)9-10-8(4,5)6;/h1-12H3;2*1-10H3;2*1-8H3;10H2,1-6H3;1H4/i;;;;;10D2;. The Labute approximate surface area is 561 Å². The maximum atomic E-state index is 7.82. The third-order valence-electron chi connectivity index (χ3n) is 12.4. The van der Waals surface area contributed by atoms with Crippen LogP contribution in [0.3, 0.4) is 0 Å². The summed E-state index contributed by atoms with van der Waals surface area (Å²) in [5, 5.41) is 0.225. The molecule has 0 unspecified atom stereocenters. The summed E-state index contributed by atoms with van der Waals surface area (Å²) in [6, 6.07) is 0. The van der Waals surface area contributed by atoms with E-state index in [9.17, 15) is 0 Å². The van der Waals surface area contributed by atoms with Crippen molar-refractivity contribution in [2.75, 3.05) is 0 Å². The van der Waals surface area contributed by atoms with Crippen molar-refractivity contribution in [1.29, 1.82) is 2.47 Å². The minimum Gasteiger partial charge on any atom is -0.419 e. The van der Waals surface area contributed by atoms with Gasteiger partial charge in [-0.05, 0) is 262 Å². The number of hydrogen-bond acceptors (Lipinski definition) is 10. The van der Waals surface area contributed by atoms with Crippen molar-refractivity contribution >= 4 is 52.2 Å². The molecular formula is C71H168O10Si6. The predicted octanol–water partition coefficient (Wildman–Crippen LogP) is 24.5. The fraction of sp³-hybridized carbons (Fsp3) is 1.00. The fourth-order valence-electron chi connectivity index (χ4n) is 6.87. The molecule has 0 aromatic heterocycles.